The fraction of sp³-hybridized carbons (Fsp3) is 0.100. The molecule has 1 heterocycles. The normalized spacial score (nSPS) is 11.0. The lowest BCUT2D eigenvalue weighted by Gasteiger charge is -2.03. The lowest BCUT2D eigenvalue weighted by atomic mass is 10.0. The summed E-state index contributed by atoms with van der Waals surface area (Å²) in [5.74, 6) is 1.33. The molecule has 4 rings (SSSR count). The zero-order chi connectivity index (χ0) is 16.4. The van der Waals surface area contributed by atoms with E-state index in [9.17, 15) is 0 Å². The lowest BCUT2D eigenvalue weighted by Crippen LogP contribution is -1.94. The van der Waals surface area contributed by atoms with Crippen LogP contribution in [0.2, 0.25) is 0 Å². The van der Waals surface area contributed by atoms with Crippen molar-refractivity contribution in [2.75, 3.05) is 5.73 Å². The maximum absolute atomic E-state index is 5.70. The SMILES string of the molecule is Nc1ccc(Cc2nc(Cc3cccc4ccccc34)no2)cc1. The van der Waals surface area contributed by atoms with Gasteiger partial charge in [-0.05, 0) is 34.0 Å². The molecule has 24 heavy (non-hydrogen) atoms. The van der Waals surface area contributed by atoms with Gasteiger partial charge in [-0.3, -0.25) is 0 Å². The molecule has 118 valence electrons. The Kier molecular flexibility index (Phi) is 3.71. The molecule has 0 fully saturated rings. The van der Waals surface area contributed by atoms with Crippen molar-refractivity contribution in [2.45, 2.75) is 12.8 Å². The maximum atomic E-state index is 5.70. The average molecular weight is 315 g/mol. The van der Waals surface area contributed by atoms with Crippen molar-refractivity contribution in [3.8, 4) is 0 Å². The number of hydrogen-bond donors (Lipinski definition) is 1. The van der Waals surface area contributed by atoms with Crippen molar-refractivity contribution in [1.29, 1.82) is 0 Å². The summed E-state index contributed by atoms with van der Waals surface area (Å²) in [7, 11) is 0. The molecular weight excluding hydrogens is 298 g/mol. The first kappa shape index (κ1) is 14.5. The Labute approximate surface area is 139 Å². The van der Waals surface area contributed by atoms with Gasteiger partial charge in [-0.2, -0.15) is 4.98 Å². The van der Waals surface area contributed by atoms with Gasteiger partial charge >= 0.3 is 0 Å². The summed E-state index contributed by atoms with van der Waals surface area (Å²) in [5, 5.41) is 6.57. The fourth-order valence-corrected chi connectivity index (χ4v) is 2.86. The monoisotopic (exact) mass is 315 g/mol. The summed E-state index contributed by atoms with van der Waals surface area (Å²) in [6.07, 6.45) is 1.27. The van der Waals surface area contributed by atoms with Crippen LogP contribution in [0.5, 0.6) is 0 Å². The quantitative estimate of drug-likeness (QED) is 0.578. The standard InChI is InChI=1S/C20H17N3O/c21-17-10-8-14(9-11-17)12-20-22-19(23-24-20)13-16-6-3-5-15-4-1-2-7-18(15)16/h1-11H,12-13,21H2. The van der Waals surface area contributed by atoms with E-state index in [4.69, 9.17) is 10.3 Å². The number of benzene rings is 3. The number of anilines is 1. The molecule has 0 saturated heterocycles. The molecule has 1 aromatic heterocycles. The van der Waals surface area contributed by atoms with Gasteiger partial charge < -0.3 is 10.3 Å². The van der Waals surface area contributed by atoms with Gasteiger partial charge in [-0.25, -0.2) is 0 Å². The number of nitrogen functional groups attached to an aromatic ring is 1. The van der Waals surface area contributed by atoms with E-state index in [2.05, 4.69) is 46.5 Å². The van der Waals surface area contributed by atoms with Crippen molar-refractivity contribution in [1.82, 2.24) is 10.1 Å². The summed E-state index contributed by atoms with van der Waals surface area (Å²) in [4.78, 5) is 4.52. The van der Waals surface area contributed by atoms with Gasteiger partial charge in [0.25, 0.3) is 0 Å². The highest BCUT2D eigenvalue weighted by Gasteiger charge is 2.09. The van der Waals surface area contributed by atoms with Gasteiger partial charge in [0.15, 0.2) is 5.82 Å². The molecule has 0 unspecified atom stereocenters. The number of fused-ring (bicyclic) bond motifs is 1. The van der Waals surface area contributed by atoms with E-state index in [1.54, 1.807) is 0 Å². The van der Waals surface area contributed by atoms with Crippen molar-refractivity contribution >= 4 is 16.5 Å². The molecule has 0 spiro atoms. The van der Waals surface area contributed by atoms with Crippen LogP contribution in [0.25, 0.3) is 10.8 Å². The van der Waals surface area contributed by atoms with Crippen LogP contribution in [0.3, 0.4) is 0 Å². The molecule has 0 radical (unpaired) electrons. The number of nitrogens with zero attached hydrogens (tertiary/aromatic N) is 2. The van der Waals surface area contributed by atoms with Gasteiger partial charge in [-0.15, -0.1) is 0 Å². The topological polar surface area (TPSA) is 64.9 Å². The van der Waals surface area contributed by atoms with E-state index >= 15 is 0 Å². The van der Waals surface area contributed by atoms with Crippen LogP contribution in [0.15, 0.2) is 71.3 Å². The van der Waals surface area contributed by atoms with Crippen LogP contribution in [-0.2, 0) is 12.8 Å². The number of nitrogens with two attached hydrogens (primary N) is 1. The summed E-state index contributed by atoms with van der Waals surface area (Å²) in [6, 6.07) is 22.3. The molecule has 0 bridgehead atoms. The lowest BCUT2D eigenvalue weighted by molar-refractivity contribution is 0.380. The summed E-state index contributed by atoms with van der Waals surface area (Å²) < 4.78 is 5.39. The molecule has 3 aromatic carbocycles. The Morgan fingerprint density at radius 3 is 2.50 bits per heavy atom. The Morgan fingerprint density at radius 2 is 1.62 bits per heavy atom. The molecule has 4 aromatic rings. The Bertz CT molecular complexity index is 968. The predicted molar refractivity (Wildman–Crippen MR) is 94.7 cm³/mol. The molecule has 0 aliphatic heterocycles. The molecule has 2 N–H and O–H groups in total. The predicted octanol–water partition coefficient (Wildman–Crippen LogP) is 3.99. The zero-order valence-corrected chi connectivity index (χ0v) is 13.1. The van der Waals surface area contributed by atoms with Crippen molar-refractivity contribution in [2.24, 2.45) is 0 Å². The van der Waals surface area contributed by atoms with Crippen LogP contribution in [0.4, 0.5) is 5.69 Å². The van der Waals surface area contributed by atoms with Crippen LogP contribution in [0.1, 0.15) is 22.8 Å². The minimum absolute atomic E-state index is 0.614. The highest BCUT2D eigenvalue weighted by Crippen LogP contribution is 2.20. The van der Waals surface area contributed by atoms with E-state index in [-0.39, 0.29) is 0 Å². The van der Waals surface area contributed by atoms with Crippen molar-refractivity contribution in [3.63, 3.8) is 0 Å². The summed E-state index contributed by atoms with van der Waals surface area (Å²) in [5.41, 5.74) is 8.76. The molecule has 4 heteroatoms. The molecular formula is C20H17N3O. The molecule has 0 atom stereocenters. The molecule has 0 amide bonds. The number of rotatable bonds is 4. The van der Waals surface area contributed by atoms with Gasteiger partial charge in [0.05, 0.1) is 6.42 Å². The van der Waals surface area contributed by atoms with Gasteiger partial charge in [0, 0.05) is 12.1 Å². The van der Waals surface area contributed by atoms with E-state index in [0.717, 1.165) is 11.3 Å². The Balaban J connectivity index is 1.55. The largest absolute Gasteiger partial charge is 0.399 e. The molecule has 4 nitrogen and oxygen atoms in total. The average Bonchev–Trinajstić information content (AvgIpc) is 3.04. The van der Waals surface area contributed by atoms with Crippen LogP contribution >= 0.6 is 0 Å². The maximum Gasteiger partial charge on any atom is 0.231 e. The first-order valence-corrected chi connectivity index (χ1v) is 7.90. The minimum Gasteiger partial charge on any atom is -0.399 e. The van der Waals surface area contributed by atoms with Crippen molar-refractivity contribution < 1.29 is 4.52 Å². The van der Waals surface area contributed by atoms with Crippen molar-refractivity contribution in [3.05, 3.63) is 89.6 Å². The second-order valence-electron chi connectivity index (χ2n) is 5.84. The third kappa shape index (κ3) is 2.99. The minimum atomic E-state index is 0.614. The highest BCUT2D eigenvalue weighted by atomic mass is 16.5. The van der Waals surface area contributed by atoms with Crippen LogP contribution in [-0.4, -0.2) is 10.1 Å². The van der Waals surface area contributed by atoms with Gasteiger partial charge in [0.1, 0.15) is 0 Å². The highest BCUT2D eigenvalue weighted by molar-refractivity contribution is 5.85. The Morgan fingerprint density at radius 1 is 0.833 bits per heavy atom. The molecule has 0 aliphatic carbocycles. The van der Waals surface area contributed by atoms with E-state index in [1.807, 2.05) is 30.3 Å². The van der Waals surface area contributed by atoms with Crippen LogP contribution in [0, 0.1) is 0 Å². The number of aromatic nitrogens is 2. The second kappa shape index (κ2) is 6.16. The fourth-order valence-electron chi connectivity index (χ4n) is 2.86. The van der Waals surface area contributed by atoms with E-state index in [0.29, 0.717) is 24.6 Å². The number of hydrogen-bond acceptors (Lipinski definition) is 4. The summed E-state index contributed by atoms with van der Waals surface area (Å²) in [6.45, 7) is 0. The first-order chi connectivity index (χ1) is 11.8. The molecule has 0 saturated carbocycles. The van der Waals surface area contributed by atoms with E-state index < -0.39 is 0 Å². The van der Waals surface area contributed by atoms with Crippen LogP contribution < -0.4 is 5.73 Å². The third-order valence-corrected chi connectivity index (χ3v) is 4.07. The first-order valence-electron chi connectivity index (χ1n) is 7.90. The Hall–Kier alpha value is -3.14. The molecule has 0 aliphatic rings. The van der Waals surface area contributed by atoms with Gasteiger partial charge in [0.2, 0.25) is 5.89 Å². The van der Waals surface area contributed by atoms with Gasteiger partial charge in [-0.1, -0.05) is 59.8 Å². The second-order valence-corrected chi connectivity index (χ2v) is 5.84. The zero-order valence-electron chi connectivity index (χ0n) is 13.1. The summed E-state index contributed by atoms with van der Waals surface area (Å²) >= 11 is 0. The van der Waals surface area contributed by atoms with E-state index in [1.165, 1.54) is 16.3 Å². The smallest absolute Gasteiger partial charge is 0.231 e. The third-order valence-electron chi connectivity index (χ3n) is 4.07.